The number of hydrogen-bond acceptors (Lipinski definition) is 3. The van der Waals surface area contributed by atoms with Crippen LogP contribution in [0.2, 0.25) is 0 Å². The Morgan fingerprint density at radius 1 is 0.897 bits per heavy atom. The highest BCUT2D eigenvalue weighted by Crippen LogP contribution is 2.08. The Balaban J connectivity index is 1.64. The van der Waals surface area contributed by atoms with Crippen molar-refractivity contribution in [3.05, 3.63) is 95.8 Å². The van der Waals surface area contributed by atoms with Crippen molar-refractivity contribution in [1.29, 1.82) is 0 Å². The van der Waals surface area contributed by atoms with Crippen molar-refractivity contribution >= 4 is 17.6 Å². The summed E-state index contributed by atoms with van der Waals surface area (Å²) in [4.78, 5) is 29.2. The van der Waals surface area contributed by atoms with Crippen molar-refractivity contribution in [3.8, 4) is 0 Å². The van der Waals surface area contributed by atoms with E-state index in [4.69, 9.17) is 0 Å². The zero-order chi connectivity index (χ0) is 20.5. The van der Waals surface area contributed by atoms with Gasteiger partial charge in [0.1, 0.15) is 6.04 Å². The molecule has 0 fully saturated rings. The number of pyridine rings is 1. The standard InChI is InChI=1S/C23H24N4O2/c1-17-7-9-19(10-8-17)16-25-23(29)27-21(15-18-5-3-2-4-6-18)22(28)26-20-11-13-24-14-12-20/h2-14,21H,15-16H2,1H3,(H,24,26,28)(H2,25,27,29). The smallest absolute Gasteiger partial charge is 0.315 e. The molecule has 29 heavy (non-hydrogen) atoms. The highest BCUT2D eigenvalue weighted by molar-refractivity contribution is 5.97. The lowest BCUT2D eigenvalue weighted by atomic mass is 10.1. The van der Waals surface area contributed by atoms with Gasteiger partial charge in [0.05, 0.1) is 0 Å². The fraction of sp³-hybridized carbons (Fsp3) is 0.174. The number of nitrogens with zero attached hydrogens (tertiary/aromatic N) is 1. The van der Waals surface area contributed by atoms with Gasteiger partial charge >= 0.3 is 6.03 Å². The lowest BCUT2D eigenvalue weighted by Crippen LogP contribution is -2.49. The molecule has 3 amide bonds. The van der Waals surface area contributed by atoms with E-state index in [1.165, 1.54) is 0 Å². The quantitative estimate of drug-likeness (QED) is 0.580. The van der Waals surface area contributed by atoms with Gasteiger partial charge in [0.2, 0.25) is 5.91 Å². The van der Waals surface area contributed by atoms with E-state index in [-0.39, 0.29) is 5.91 Å². The highest BCUT2D eigenvalue weighted by Gasteiger charge is 2.21. The van der Waals surface area contributed by atoms with Crippen LogP contribution in [-0.4, -0.2) is 23.0 Å². The number of hydrogen-bond donors (Lipinski definition) is 3. The molecule has 1 atom stereocenters. The number of carbonyl (C=O) groups is 2. The Morgan fingerprint density at radius 2 is 1.59 bits per heavy atom. The molecular formula is C23H24N4O2. The van der Waals surface area contributed by atoms with Crippen LogP contribution < -0.4 is 16.0 Å². The third-order valence-electron chi connectivity index (χ3n) is 4.43. The second-order valence-electron chi connectivity index (χ2n) is 6.78. The Hall–Kier alpha value is -3.67. The molecule has 1 heterocycles. The van der Waals surface area contributed by atoms with Crippen molar-refractivity contribution in [2.45, 2.75) is 25.9 Å². The molecule has 0 aliphatic heterocycles. The summed E-state index contributed by atoms with van der Waals surface area (Å²) in [7, 11) is 0. The average Bonchev–Trinajstić information content (AvgIpc) is 2.74. The molecule has 0 aliphatic carbocycles. The molecule has 0 aliphatic rings. The monoisotopic (exact) mass is 388 g/mol. The van der Waals surface area contributed by atoms with Crippen LogP contribution in [-0.2, 0) is 17.8 Å². The zero-order valence-corrected chi connectivity index (χ0v) is 16.3. The summed E-state index contributed by atoms with van der Waals surface area (Å²) >= 11 is 0. The topological polar surface area (TPSA) is 83.1 Å². The van der Waals surface area contributed by atoms with Gasteiger partial charge in [-0.3, -0.25) is 9.78 Å². The van der Waals surface area contributed by atoms with E-state index in [0.717, 1.165) is 16.7 Å². The fourth-order valence-electron chi connectivity index (χ4n) is 2.82. The van der Waals surface area contributed by atoms with Gasteiger partial charge in [-0.25, -0.2) is 4.79 Å². The Morgan fingerprint density at radius 3 is 2.28 bits per heavy atom. The zero-order valence-electron chi connectivity index (χ0n) is 16.3. The Kier molecular flexibility index (Phi) is 6.95. The molecule has 3 rings (SSSR count). The Labute approximate surface area is 170 Å². The van der Waals surface area contributed by atoms with Crippen molar-refractivity contribution in [2.24, 2.45) is 0 Å². The van der Waals surface area contributed by atoms with E-state index in [0.29, 0.717) is 18.7 Å². The molecule has 6 heteroatoms. The number of benzene rings is 2. The third-order valence-corrected chi connectivity index (χ3v) is 4.43. The molecule has 1 unspecified atom stereocenters. The molecule has 0 bridgehead atoms. The van der Waals surface area contributed by atoms with Gasteiger partial charge in [0.25, 0.3) is 0 Å². The Bertz CT molecular complexity index is 928. The maximum absolute atomic E-state index is 12.8. The molecule has 0 radical (unpaired) electrons. The van der Waals surface area contributed by atoms with Crippen LogP contribution in [0.3, 0.4) is 0 Å². The van der Waals surface area contributed by atoms with Gasteiger partial charge in [0, 0.05) is 31.0 Å². The molecule has 0 saturated carbocycles. The lowest BCUT2D eigenvalue weighted by molar-refractivity contribution is -0.117. The first kappa shape index (κ1) is 20.1. The maximum atomic E-state index is 12.8. The molecule has 3 aromatic rings. The van der Waals surface area contributed by atoms with Crippen LogP contribution in [0.25, 0.3) is 0 Å². The van der Waals surface area contributed by atoms with E-state index in [1.807, 2.05) is 61.5 Å². The summed E-state index contributed by atoms with van der Waals surface area (Å²) in [5.74, 6) is -0.287. The molecule has 3 N–H and O–H groups in total. The van der Waals surface area contributed by atoms with Crippen molar-refractivity contribution in [3.63, 3.8) is 0 Å². The summed E-state index contributed by atoms with van der Waals surface area (Å²) in [6.45, 7) is 2.40. The summed E-state index contributed by atoms with van der Waals surface area (Å²) in [6, 6.07) is 19.8. The first-order valence-corrected chi connectivity index (χ1v) is 9.45. The molecule has 6 nitrogen and oxygen atoms in total. The number of nitrogens with one attached hydrogen (secondary N) is 3. The van der Waals surface area contributed by atoms with Gasteiger partial charge in [-0.2, -0.15) is 0 Å². The van der Waals surface area contributed by atoms with Crippen LogP contribution in [0.1, 0.15) is 16.7 Å². The van der Waals surface area contributed by atoms with Gasteiger partial charge in [0.15, 0.2) is 0 Å². The van der Waals surface area contributed by atoms with Crippen LogP contribution in [0.4, 0.5) is 10.5 Å². The minimum Gasteiger partial charge on any atom is -0.334 e. The van der Waals surface area contributed by atoms with Crippen LogP contribution in [0, 0.1) is 6.92 Å². The number of anilines is 1. The fourth-order valence-corrected chi connectivity index (χ4v) is 2.82. The van der Waals surface area contributed by atoms with E-state index >= 15 is 0 Å². The first-order chi connectivity index (χ1) is 14.1. The molecule has 0 saturated heterocycles. The minimum atomic E-state index is -0.719. The molecule has 2 aromatic carbocycles. The van der Waals surface area contributed by atoms with Gasteiger partial charge in [-0.05, 0) is 30.2 Å². The average molecular weight is 388 g/mol. The van der Waals surface area contributed by atoms with Gasteiger partial charge in [-0.1, -0.05) is 60.2 Å². The van der Waals surface area contributed by atoms with E-state index in [9.17, 15) is 9.59 Å². The molecule has 1 aromatic heterocycles. The number of carbonyl (C=O) groups excluding carboxylic acids is 2. The first-order valence-electron chi connectivity index (χ1n) is 9.45. The SMILES string of the molecule is Cc1ccc(CNC(=O)NC(Cc2ccccc2)C(=O)Nc2ccncc2)cc1. The van der Waals surface area contributed by atoms with E-state index in [1.54, 1.807) is 24.5 Å². The number of aromatic nitrogens is 1. The number of rotatable bonds is 7. The van der Waals surface area contributed by atoms with Crippen LogP contribution in [0.15, 0.2) is 79.1 Å². The highest BCUT2D eigenvalue weighted by atomic mass is 16.2. The van der Waals surface area contributed by atoms with Gasteiger partial charge < -0.3 is 16.0 Å². The third kappa shape index (κ3) is 6.46. The minimum absolute atomic E-state index is 0.287. The van der Waals surface area contributed by atoms with Crippen LogP contribution >= 0.6 is 0 Å². The second kappa shape index (κ2) is 10.0. The summed E-state index contributed by atoms with van der Waals surface area (Å²) in [5.41, 5.74) is 3.74. The maximum Gasteiger partial charge on any atom is 0.315 e. The molecular weight excluding hydrogens is 364 g/mol. The van der Waals surface area contributed by atoms with Crippen molar-refractivity contribution in [1.82, 2.24) is 15.6 Å². The lowest BCUT2D eigenvalue weighted by Gasteiger charge is -2.19. The van der Waals surface area contributed by atoms with Crippen molar-refractivity contribution < 1.29 is 9.59 Å². The predicted molar refractivity (Wildman–Crippen MR) is 113 cm³/mol. The molecule has 148 valence electrons. The predicted octanol–water partition coefficient (Wildman–Crippen LogP) is 3.44. The van der Waals surface area contributed by atoms with E-state index in [2.05, 4.69) is 20.9 Å². The van der Waals surface area contributed by atoms with Crippen LogP contribution in [0.5, 0.6) is 0 Å². The largest absolute Gasteiger partial charge is 0.334 e. The number of aryl methyl sites for hydroxylation is 1. The number of amides is 3. The normalized spacial score (nSPS) is 11.3. The molecule has 0 spiro atoms. The summed E-state index contributed by atoms with van der Waals surface area (Å²) in [6.07, 6.45) is 3.59. The summed E-state index contributed by atoms with van der Waals surface area (Å²) < 4.78 is 0. The van der Waals surface area contributed by atoms with Gasteiger partial charge in [-0.15, -0.1) is 0 Å². The number of urea groups is 1. The van der Waals surface area contributed by atoms with Crippen molar-refractivity contribution in [2.75, 3.05) is 5.32 Å². The van der Waals surface area contributed by atoms with E-state index < -0.39 is 12.1 Å². The summed E-state index contributed by atoms with van der Waals surface area (Å²) in [5, 5.41) is 8.43. The second-order valence-corrected chi connectivity index (χ2v) is 6.78.